The molecule has 0 aliphatic rings. The number of esters is 2. The fourth-order valence-corrected chi connectivity index (χ4v) is 5.78. The molecule has 0 fully saturated rings. The highest BCUT2D eigenvalue weighted by molar-refractivity contribution is 7.92. The highest BCUT2D eigenvalue weighted by Gasteiger charge is 2.17. The van der Waals surface area contributed by atoms with Gasteiger partial charge < -0.3 is 14.0 Å². The van der Waals surface area contributed by atoms with Crippen molar-refractivity contribution in [1.29, 1.82) is 0 Å². The van der Waals surface area contributed by atoms with Crippen LogP contribution in [0.3, 0.4) is 0 Å². The van der Waals surface area contributed by atoms with Crippen LogP contribution in [-0.4, -0.2) is 44.0 Å². The van der Waals surface area contributed by atoms with Gasteiger partial charge in [0.05, 0.1) is 33.9 Å². The Morgan fingerprint density at radius 1 is 0.897 bits per heavy atom. The molecule has 1 amide bonds. The molecule has 0 saturated heterocycles. The van der Waals surface area contributed by atoms with Gasteiger partial charge in [-0.25, -0.2) is 13.2 Å². The van der Waals surface area contributed by atoms with E-state index in [0.717, 1.165) is 11.3 Å². The predicted molar refractivity (Wildman–Crippen MR) is 146 cm³/mol. The van der Waals surface area contributed by atoms with Gasteiger partial charge in [-0.15, -0.1) is 0 Å². The quantitative estimate of drug-likeness (QED) is 0.303. The first-order valence-electron chi connectivity index (χ1n) is 11.9. The lowest BCUT2D eigenvalue weighted by molar-refractivity contribution is -0.143. The number of benzene rings is 3. The Hall–Kier alpha value is -4.29. The first-order chi connectivity index (χ1) is 18.7. The van der Waals surface area contributed by atoms with Crippen LogP contribution in [0.25, 0.3) is 10.2 Å². The van der Waals surface area contributed by atoms with E-state index in [-0.39, 0.29) is 40.7 Å². The number of thiazole rings is 1. The Kier molecular flexibility index (Phi) is 8.57. The van der Waals surface area contributed by atoms with Gasteiger partial charge >= 0.3 is 11.9 Å². The number of sulfonamides is 1. The van der Waals surface area contributed by atoms with E-state index in [1.807, 2.05) is 0 Å². The van der Waals surface area contributed by atoms with Gasteiger partial charge in [0, 0.05) is 11.3 Å². The molecule has 4 rings (SSSR count). The smallest absolute Gasteiger partial charge is 0.338 e. The maximum atomic E-state index is 13.0. The molecule has 12 heteroatoms. The molecule has 0 atom stereocenters. The van der Waals surface area contributed by atoms with E-state index in [0.29, 0.717) is 15.8 Å². The van der Waals surface area contributed by atoms with Crippen molar-refractivity contribution in [3.05, 3.63) is 88.7 Å². The van der Waals surface area contributed by atoms with Crippen molar-refractivity contribution in [3.63, 3.8) is 0 Å². The van der Waals surface area contributed by atoms with Crippen molar-refractivity contribution < 1.29 is 32.3 Å². The molecule has 0 radical (unpaired) electrons. The van der Waals surface area contributed by atoms with Crippen LogP contribution >= 0.6 is 11.3 Å². The van der Waals surface area contributed by atoms with E-state index in [4.69, 9.17) is 9.47 Å². The third-order valence-electron chi connectivity index (χ3n) is 5.42. The fourth-order valence-electron chi connectivity index (χ4n) is 3.63. The van der Waals surface area contributed by atoms with E-state index < -0.39 is 27.9 Å². The molecular formula is C27H25N3O7S2. The first-order valence-corrected chi connectivity index (χ1v) is 14.2. The standard InChI is InChI=1S/C27H25N3O7S2/c1-3-36-24(31)17-30-22-15-12-19(26(33)37-4-2)16-23(22)38-27(30)28-25(32)18-10-13-20(14-11-18)29-39(34,35)21-8-6-5-7-9-21/h5-16,29H,3-4,17H2,1-2H3. The van der Waals surface area contributed by atoms with E-state index in [1.54, 1.807) is 54.8 Å². The molecule has 4 aromatic rings. The van der Waals surface area contributed by atoms with E-state index >= 15 is 0 Å². The average molecular weight is 568 g/mol. The Balaban J connectivity index is 1.65. The predicted octanol–water partition coefficient (Wildman–Crippen LogP) is 3.98. The zero-order valence-corrected chi connectivity index (χ0v) is 22.8. The van der Waals surface area contributed by atoms with Crippen LogP contribution < -0.4 is 9.52 Å². The summed E-state index contributed by atoms with van der Waals surface area (Å²) in [5, 5.41) is 0. The Morgan fingerprint density at radius 2 is 1.56 bits per heavy atom. The number of nitrogens with zero attached hydrogens (tertiary/aromatic N) is 2. The lowest BCUT2D eigenvalue weighted by atomic mass is 10.2. The van der Waals surface area contributed by atoms with E-state index in [1.165, 1.54) is 36.4 Å². The zero-order chi connectivity index (χ0) is 28.0. The van der Waals surface area contributed by atoms with E-state index in [2.05, 4.69) is 9.71 Å². The third kappa shape index (κ3) is 6.59. The van der Waals surface area contributed by atoms with Crippen molar-refractivity contribution in [2.45, 2.75) is 25.3 Å². The topological polar surface area (TPSA) is 133 Å². The Bertz CT molecular complexity index is 1690. The second-order valence-electron chi connectivity index (χ2n) is 8.09. The molecule has 10 nitrogen and oxygen atoms in total. The molecule has 1 N–H and O–H groups in total. The average Bonchev–Trinajstić information content (AvgIpc) is 3.25. The number of carbonyl (C=O) groups is 3. The van der Waals surface area contributed by atoms with Crippen molar-refractivity contribution in [2.75, 3.05) is 17.9 Å². The summed E-state index contributed by atoms with van der Waals surface area (Å²) in [4.78, 5) is 42.1. The van der Waals surface area contributed by atoms with Crippen molar-refractivity contribution >= 4 is 55.1 Å². The molecular weight excluding hydrogens is 542 g/mol. The van der Waals surface area contributed by atoms with Gasteiger partial charge in [-0.2, -0.15) is 4.99 Å². The Morgan fingerprint density at radius 3 is 2.23 bits per heavy atom. The number of amides is 1. The van der Waals surface area contributed by atoms with Crippen LogP contribution in [0.15, 0.2) is 82.7 Å². The molecule has 1 heterocycles. The molecule has 39 heavy (non-hydrogen) atoms. The summed E-state index contributed by atoms with van der Waals surface area (Å²) in [6.45, 7) is 3.64. The van der Waals surface area contributed by atoms with Gasteiger partial charge in [0.15, 0.2) is 4.80 Å². The maximum absolute atomic E-state index is 13.0. The molecule has 0 bridgehead atoms. The highest BCUT2D eigenvalue weighted by atomic mass is 32.2. The van der Waals surface area contributed by atoms with Crippen LogP contribution in [0.4, 0.5) is 5.69 Å². The van der Waals surface area contributed by atoms with Crippen molar-refractivity contribution in [1.82, 2.24) is 4.57 Å². The summed E-state index contributed by atoms with van der Waals surface area (Å²) in [7, 11) is -3.78. The SMILES string of the molecule is CCOC(=O)Cn1c(=NC(=O)c2ccc(NS(=O)(=O)c3ccccc3)cc2)sc2cc(C(=O)OCC)ccc21. The van der Waals surface area contributed by atoms with Crippen LogP contribution in [0.1, 0.15) is 34.6 Å². The lowest BCUT2D eigenvalue weighted by Crippen LogP contribution is -2.23. The number of hydrogen-bond donors (Lipinski definition) is 1. The minimum Gasteiger partial charge on any atom is -0.465 e. The molecule has 0 aliphatic heterocycles. The molecule has 0 spiro atoms. The number of hydrogen-bond acceptors (Lipinski definition) is 8. The largest absolute Gasteiger partial charge is 0.465 e. The molecule has 0 saturated carbocycles. The van der Waals surface area contributed by atoms with Crippen molar-refractivity contribution in [2.24, 2.45) is 4.99 Å². The minimum atomic E-state index is -3.78. The second kappa shape index (κ2) is 12.0. The highest BCUT2D eigenvalue weighted by Crippen LogP contribution is 2.21. The monoisotopic (exact) mass is 567 g/mol. The molecule has 202 valence electrons. The van der Waals surface area contributed by atoms with Gasteiger partial charge in [0.25, 0.3) is 15.9 Å². The maximum Gasteiger partial charge on any atom is 0.338 e. The molecule has 0 aliphatic carbocycles. The van der Waals surface area contributed by atoms with Gasteiger partial charge in [-0.3, -0.25) is 14.3 Å². The molecule has 3 aromatic carbocycles. The first kappa shape index (κ1) is 27.7. The van der Waals surface area contributed by atoms with Crippen LogP contribution in [-0.2, 0) is 30.8 Å². The van der Waals surface area contributed by atoms with Crippen molar-refractivity contribution in [3.8, 4) is 0 Å². The third-order valence-corrected chi connectivity index (χ3v) is 7.86. The number of carbonyl (C=O) groups excluding carboxylic acids is 3. The van der Waals surface area contributed by atoms with E-state index in [9.17, 15) is 22.8 Å². The zero-order valence-electron chi connectivity index (χ0n) is 21.1. The normalized spacial score (nSPS) is 11.8. The van der Waals surface area contributed by atoms with Gasteiger partial charge in [0.1, 0.15) is 6.54 Å². The number of rotatable bonds is 9. The fraction of sp³-hybridized carbons (Fsp3) is 0.185. The summed E-state index contributed by atoms with van der Waals surface area (Å²) in [5.41, 5.74) is 1.42. The second-order valence-corrected chi connectivity index (χ2v) is 10.8. The summed E-state index contributed by atoms with van der Waals surface area (Å²) >= 11 is 1.13. The number of ether oxygens (including phenoxy) is 2. The number of fused-ring (bicyclic) bond motifs is 1. The number of aromatic nitrogens is 1. The van der Waals surface area contributed by atoms with Gasteiger partial charge in [0.2, 0.25) is 0 Å². The lowest BCUT2D eigenvalue weighted by Gasteiger charge is -2.08. The number of anilines is 1. The summed E-state index contributed by atoms with van der Waals surface area (Å²) in [5.74, 6) is -1.58. The molecule has 0 unspecified atom stereocenters. The summed E-state index contributed by atoms with van der Waals surface area (Å²) in [6, 6.07) is 18.6. The molecule has 1 aromatic heterocycles. The summed E-state index contributed by atoms with van der Waals surface area (Å²) < 4.78 is 39.9. The van der Waals surface area contributed by atoms with Crippen LogP contribution in [0, 0.1) is 0 Å². The van der Waals surface area contributed by atoms with Gasteiger partial charge in [-0.1, -0.05) is 29.5 Å². The van der Waals surface area contributed by atoms with Gasteiger partial charge in [-0.05, 0) is 68.4 Å². The van der Waals surface area contributed by atoms with Crippen LogP contribution in [0.2, 0.25) is 0 Å². The Labute approximate surface area is 228 Å². The van der Waals surface area contributed by atoms with Crippen LogP contribution in [0.5, 0.6) is 0 Å². The summed E-state index contributed by atoms with van der Waals surface area (Å²) in [6.07, 6.45) is 0. The minimum absolute atomic E-state index is 0.113. The number of nitrogens with one attached hydrogen (secondary N) is 1.